The van der Waals surface area contributed by atoms with Gasteiger partial charge in [0.05, 0.1) is 22.3 Å². The Bertz CT molecular complexity index is 732. The summed E-state index contributed by atoms with van der Waals surface area (Å²) in [5.74, 6) is 0.676. The number of benzene rings is 1. The van der Waals surface area contributed by atoms with Gasteiger partial charge in [0.15, 0.2) is 0 Å². The molecule has 2 aromatic heterocycles. The van der Waals surface area contributed by atoms with Crippen LogP contribution in [0.4, 0.5) is 4.39 Å². The van der Waals surface area contributed by atoms with Crippen LogP contribution in [-0.4, -0.2) is 14.5 Å². The first-order valence-electron chi connectivity index (χ1n) is 6.27. The fraction of sp³-hybridized carbons (Fsp3) is 0.200. The summed E-state index contributed by atoms with van der Waals surface area (Å²) in [6, 6.07) is 8.67. The molecule has 3 rings (SSSR count). The second-order valence-corrected chi connectivity index (χ2v) is 4.45. The van der Waals surface area contributed by atoms with Crippen LogP contribution in [0.15, 0.2) is 36.5 Å². The lowest BCUT2D eigenvalue weighted by molar-refractivity contribution is 0.631. The van der Waals surface area contributed by atoms with Gasteiger partial charge in [0.2, 0.25) is 0 Å². The fourth-order valence-corrected chi connectivity index (χ4v) is 2.40. The van der Waals surface area contributed by atoms with E-state index in [2.05, 4.69) is 9.97 Å². The molecular formula is C15H14FN3. The Morgan fingerprint density at radius 2 is 2.05 bits per heavy atom. The van der Waals surface area contributed by atoms with E-state index in [0.717, 1.165) is 23.3 Å². The third-order valence-corrected chi connectivity index (χ3v) is 3.32. The topological polar surface area (TPSA) is 30.7 Å². The van der Waals surface area contributed by atoms with Gasteiger partial charge in [-0.1, -0.05) is 13.0 Å². The fourth-order valence-electron chi connectivity index (χ4n) is 2.40. The molecule has 0 radical (unpaired) electrons. The first-order valence-corrected chi connectivity index (χ1v) is 6.27. The number of aromatic nitrogens is 3. The van der Waals surface area contributed by atoms with Gasteiger partial charge in [0, 0.05) is 19.7 Å². The first kappa shape index (κ1) is 11.8. The number of imidazole rings is 1. The summed E-state index contributed by atoms with van der Waals surface area (Å²) in [6.07, 6.45) is 2.49. The Hall–Kier alpha value is -2.23. The van der Waals surface area contributed by atoms with E-state index < -0.39 is 0 Å². The van der Waals surface area contributed by atoms with Crippen molar-refractivity contribution in [1.82, 2.24) is 14.5 Å². The molecule has 0 atom stereocenters. The number of halogens is 1. The van der Waals surface area contributed by atoms with Crippen LogP contribution in [0.5, 0.6) is 0 Å². The molecule has 0 unspecified atom stereocenters. The van der Waals surface area contributed by atoms with Crippen LogP contribution in [0.2, 0.25) is 0 Å². The van der Waals surface area contributed by atoms with Crippen molar-refractivity contribution in [2.45, 2.75) is 13.3 Å². The van der Waals surface area contributed by atoms with Crippen molar-refractivity contribution < 1.29 is 4.39 Å². The third-order valence-electron chi connectivity index (χ3n) is 3.32. The van der Waals surface area contributed by atoms with Crippen LogP contribution in [0.25, 0.3) is 22.3 Å². The van der Waals surface area contributed by atoms with Crippen LogP contribution in [0, 0.1) is 5.82 Å². The summed E-state index contributed by atoms with van der Waals surface area (Å²) < 4.78 is 16.2. The molecule has 0 bridgehead atoms. The monoisotopic (exact) mass is 255 g/mol. The Balaban J connectivity index is 2.40. The predicted molar refractivity (Wildman–Crippen MR) is 73.3 cm³/mol. The highest BCUT2D eigenvalue weighted by Crippen LogP contribution is 2.30. The van der Waals surface area contributed by atoms with E-state index in [1.165, 1.54) is 6.07 Å². The zero-order valence-corrected chi connectivity index (χ0v) is 10.9. The lowest BCUT2D eigenvalue weighted by Crippen LogP contribution is -1.98. The zero-order chi connectivity index (χ0) is 13.4. The van der Waals surface area contributed by atoms with E-state index in [9.17, 15) is 4.39 Å². The molecule has 1 aromatic carbocycles. The standard InChI is InChI=1S/C15H14FN3/c1-3-13-18-12-8-7-10(16)14(15(12)19(13)2)11-6-4-5-9-17-11/h4-9H,3H2,1-2H3. The van der Waals surface area contributed by atoms with Crippen LogP contribution >= 0.6 is 0 Å². The summed E-state index contributed by atoms with van der Waals surface area (Å²) in [7, 11) is 1.92. The zero-order valence-electron chi connectivity index (χ0n) is 10.9. The van der Waals surface area contributed by atoms with Crippen molar-refractivity contribution in [3.63, 3.8) is 0 Å². The van der Waals surface area contributed by atoms with Crippen molar-refractivity contribution in [2.75, 3.05) is 0 Å². The molecule has 3 nitrogen and oxygen atoms in total. The molecule has 0 spiro atoms. The van der Waals surface area contributed by atoms with Gasteiger partial charge in [0.1, 0.15) is 11.6 Å². The molecule has 0 saturated heterocycles. The Labute approximate surface area is 110 Å². The molecule has 19 heavy (non-hydrogen) atoms. The minimum absolute atomic E-state index is 0.267. The molecule has 3 aromatic rings. The molecule has 0 fully saturated rings. The number of hydrogen-bond acceptors (Lipinski definition) is 2. The van der Waals surface area contributed by atoms with Gasteiger partial charge >= 0.3 is 0 Å². The summed E-state index contributed by atoms with van der Waals surface area (Å²) in [6.45, 7) is 2.04. The molecule has 2 heterocycles. The maximum atomic E-state index is 14.2. The SMILES string of the molecule is CCc1nc2ccc(F)c(-c3ccccn3)c2n1C. The van der Waals surface area contributed by atoms with Crippen molar-refractivity contribution in [2.24, 2.45) is 7.05 Å². The van der Waals surface area contributed by atoms with E-state index in [1.54, 1.807) is 12.3 Å². The number of rotatable bonds is 2. The van der Waals surface area contributed by atoms with Crippen LogP contribution < -0.4 is 0 Å². The molecule has 0 aliphatic rings. The maximum absolute atomic E-state index is 14.2. The number of hydrogen-bond donors (Lipinski definition) is 0. The average molecular weight is 255 g/mol. The van der Waals surface area contributed by atoms with Crippen LogP contribution in [-0.2, 0) is 13.5 Å². The van der Waals surface area contributed by atoms with Crippen LogP contribution in [0.3, 0.4) is 0 Å². The molecule has 0 amide bonds. The largest absolute Gasteiger partial charge is 0.330 e. The second kappa shape index (κ2) is 4.46. The van der Waals surface area contributed by atoms with Crippen molar-refractivity contribution in [1.29, 1.82) is 0 Å². The molecule has 0 aliphatic heterocycles. The number of pyridine rings is 1. The lowest BCUT2D eigenvalue weighted by atomic mass is 10.1. The van der Waals surface area contributed by atoms with E-state index >= 15 is 0 Å². The minimum Gasteiger partial charge on any atom is -0.330 e. The first-order chi connectivity index (χ1) is 9.22. The highest BCUT2D eigenvalue weighted by molar-refractivity contribution is 5.92. The van der Waals surface area contributed by atoms with Crippen molar-refractivity contribution in [3.05, 3.63) is 48.2 Å². The molecule has 0 N–H and O–H groups in total. The van der Waals surface area contributed by atoms with Crippen molar-refractivity contribution in [3.8, 4) is 11.3 Å². The van der Waals surface area contributed by atoms with Gasteiger partial charge in [-0.25, -0.2) is 9.37 Å². The summed E-state index contributed by atoms with van der Waals surface area (Å²) in [5, 5.41) is 0. The van der Waals surface area contributed by atoms with Gasteiger partial charge in [-0.15, -0.1) is 0 Å². The Morgan fingerprint density at radius 1 is 1.21 bits per heavy atom. The Kier molecular flexibility index (Phi) is 2.78. The molecule has 0 aliphatic carbocycles. The number of nitrogens with zero attached hydrogens (tertiary/aromatic N) is 3. The van der Waals surface area contributed by atoms with Gasteiger partial charge in [-0.3, -0.25) is 4.98 Å². The van der Waals surface area contributed by atoms with E-state index in [1.807, 2.05) is 36.7 Å². The molecule has 0 saturated carbocycles. The third kappa shape index (κ3) is 1.80. The maximum Gasteiger partial charge on any atom is 0.134 e. The van der Waals surface area contributed by atoms with Gasteiger partial charge in [-0.05, 0) is 24.3 Å². The Morgan fingerprint density at radius 3 is 2.74 bits per heavy atom. The molecular weight excluding hydrogens is 241 g/mol. The highest BCUT2D eigenvalue weighted by Gasteiger charge is 2.16. The lowest BCUT2D eigenvalue weighted by Gasteiger charge is -2.07. The minimum atomic E-state index is -0.267. The smallest absolute Gasteiger partial charge is 0.134 e. The van der Waals surface area contributed by atoms with Crippen molar-refractivity contribution >= 4 is 11.0 Å². The van der Waals surface area contributed by atoms with E-state index in [-0.39, 0.29) is 5.82 Å². The quantitative estimate of drug-likeness (QED) is 0.703. The normalized spacial score (nSPS) is 11.1. The van der Waals surface area contributed by atoms with Crippen LogP contribution in [0.1, 0.15) is 12.7 Å². The van der Waals surface area contributed by atoms with Gasteiger partial charge < -0.3 is 4.57 Å². The number of fused-ring (bicyclic) bond motifs is 1. The van der Waals surface area contributed by atoms with E-state index in [0.29, 0.717) is 11.3 Å². The second-order valence-electron chi connectivity index (χ2n) is 4.45. The summed E-state index contributed by atoms with van der Waals surface area (Å²) in [5.41, 5.74) is 2.76. The highest BCUT2D eigenvalue weighted by atomic mass is 19.1. The average Bonchev–Trinajstić information content (AvgIpc) is 2.77. The van der Waals surface area contributed by atoms with Gasteiger partial charge in [-0.2, -0.15) is 0 Å². The number of aryl methyl sites for hydroxylation is 2. The van der Waals surface area contributed by atoms with E-state index in [4.69, 9.17) is 0 Å². The molecule has 4 heteroatoms. The summed E-state index contributed by atoms with van der Waals surface area (Å²) in [4.78, 5) is 8.78. The predicted octanol–water partition coefficient (Wildman–Crippen LogP) is 3.34. The molecule has 96 valence electrons. The summed E-state index contributed by atoms with van der Waals surface area (Å²) >= 11 is 0. The van der Waals surface area contributed by atoms with Gasteiger partial charge in [0.25, 0.3) is 0 Å².